The Hall–Kier alpha value is -2.11. The lowest BCUT2D eigenvalue weighted by atomic mass is 10.1. The lowest BCUT2D eigenvalue weighted by Gasteiger charge is -2.15. The van der Waals surface area contributed by atoms with Crippen molar-refractivity contribution in [1.82, 2.24) is 10.3 Å². The van der Waals surface area contributed by atoms with Gasteiger partial charge in [-0.05, 0) is 32.5 Å². The fraction of sp³-hybridized carbons (Fsp3) is 0.312. The Morgan fingerprint density at radius 3 is 2.71 bits per heavy atom. The maximum Gasteiger partial charge on any atom is 0.268 e. The summed E-state index contributed by atoms with van der Waals surface area (Å²) >= 11 is 0. The van der Waals surface area contributed by atoms with Crippen LogP contribution in [0.5, 0.6) is 0 Å². The van der Waals surface area contributed by atoms with E-state index in [9.17, 15) is 4.79 Å². The molecule has 0 spiro atoms. The van der Waals surface area contributed by atoms with Gasteiger partial charge in [0.25, 0.3) is 5.91 Å². The average Bonchev–Trinajstić information content (AvgIpc) is 2.78. The molecule has 5 nitrogen and oxygen atoms in total. The van der Waals surface area contributed by atoms with Gasteiger partial charge in [0.2, 0.25) is 0 Å². The summed E-state index contributed by atoms with van der Waals surface area (Å²) in [5, 5.41) is 0. The van der Waals surface area contributed by atoms with Crippen molar-refractivity contribution < 1.29 is 9.21 Å². The number of hydrazine groups is 1. The third kappa shape index (κ3) is 3.93. The Morgan fingerprint density at radius 1 is 1.29 bits per heavy atom. The van der Waals surface area contributed by atoms with Crippen molar-refractivity contribution in [3.8, 4) is 0 Å². The molecule has 5 heteroatoms. The van der Waals surface area contributed by atoms with Crippen LogP contribution in [-0.4, -0.2) is 17.9 Å². The monoisotopic (exact) mass is 287 g/mol. The largest absolute Gasteiger partial charge is 0.464 e. The highest BCUT2D eigenvalue weighted by Gasteiger charge is 2.15. The summed E-state index contributed by atoms with van der Waals surface area (Å²) in [6.07, 6.45) is 0. The predicted octanol–water partition coefficient (Wildman–Crippen LogP) is 2.13. The second kappa shape index (κ2) is 6.56. The number of aryl methyl sites for hydroxylation is 2. The van der Waals surface area contributed by atoms with Gasteiger partial charge in [-0.3, -0.25) is 15.1 Å². The fourth-order valence-corrected chi connectivity index (χ4v) is 2.37. The summed E-state index contributed by atoms with van der Waals surface area (Å²) < 4.78 is 5.61. The summed E-state index contributed by atoms with van der Waals surface area (Å²) in [6, 6.07) is 10.1. The normalized spacial score (nSPS) is 10.9. The first kappa shape index (κ1) is 15.3. The smallest absolute Gasteiger partial charge is 0.268 e. The van der Waals surface area contributed by atoms with Crippen LogP contribution < -0.4 is 11.3 Å². The molecular weight excluding hydrogens is 266 g/mol. The molecule has 1 heterocycles. The van der Waals surface area contributed by atoms with Gasteiger partial charge >= 0.3 is 0 Å². The van der Waals surface area contributed by atoms with Crippen molar-refractivity contribution in [3.63, 3.8) is 0 Å². The molecule has 0 saturated heterocycles. The van der Waals surface area contributed by atoms with Gasteiger partial charge < -0.3 is 4.42 Å². The molecule has 2 rings (SSSR count). The van der Waals surface area contributed by atoms with Gasteiger partial charge in [0.05, 0.1) is 12.1 Å². The summed E-state index contributed by atoms with van der Waals surface area (Å²) in [7, 11) is 2.02. The molecular formula is C16H21N3O2. The standard InChI is InChI=1S/C16H21N3O2/c1-11-5-4-6-13(7-11)9-19(3)10-14-8-15(12(2)21-14)16(20)18-17/h4-8H,9-10,17H2,1-3H3,(H,18,20). The Morgan fingerprint density at radius 2 is 2.05 bits per heavy atom. The van der Waals surface area contributed by atoms with Gasteiger partial charge in [0, 0.05) is 6.54 Å². The van der Waals surface area contributed by atoms with Crippen molar-refractivity contribution in [3.05, 3.63) is 58.5 Å². The van der Waals surface area contributed by atoms with Crippen molar-refractivity contribution in [2.75, 3.05) is 7.05 Å². The maximum atomic E-state index is 11.6. The molecule has 1 aromatic heterocycles. The number of carbonyl (C=O) groups is 1. The minimum absolute atomic E-state index is 0.330. The molecule has 112 valence electrons. The molecule has 0 atom stereocenters. The molecule has 1 aromatic carbocycles. The summed E-state index contributed by atoms with van der Waals surface area (Å²) in [6.45, 7) is 5.29. The van der Waals surface area contributed by atoms with Gasteiger partial charge in [-0.1, -0.05) is 29.8 Å². The van der Waals surface area contributed by atoms with Crippen LogP contribution in [0.1, 0.15) is 33.0 Å². The van der Waals surface area contributed by atoms with E-state index in [4.69, 9.17) is 10.3 Å². The first-order valence-corrected chi connectivity index (χ1v) is 6.84. The highest BCUT2D eigenvalue weighted by atomic mass is 16.3. The zero-order chi connectivity index (χ0) is 15.4. The molecule has 0 radical (unpaired) electrons. The zero-order valence-corrected chi connectivity index (χ0v) is 12.6. The second-order valence-electron chi connectivity index (χ2n) is 5.32. The van der Waals surface area contributed by atoms with Crippen molar-refractivity contribution in [1.29, 1.82) is 0 Å². The van der Waals surface area contributed by atoms with E-state index in [0.717, 1.165) is 12.3 Å². The van der Waals surface area contributed by atoms with Crippen LogP contribution in [0.2, 0.25) is 0 Å². The van der Waals surface area contributed by atoms with Crippen LogP contribution in [0.15, 0.2) is 34.7 Å². The maximum absolute atomic E-state index is 11.6. The number of hydrogen-bond donors (Lipinski definition) is 2. The van der Waals surface area contributed by atoms with Gasteiger partial charge in [-0.15, -0.1) is 0 Å². The van der Waals surface area contributed by atoms with Gasteiger partial charge in [0.15, 0.2) is 0 Å². The summed E-state index contributed by atoms with van der Waals surface area (Å²) in [5.74, 6) is 6.15. The SMILES string of the molecule is Cc1cccc(CN(C)Cc2cc(C(=O)NN)c(C)o2)c1. The fourth-order valence-electron chi connectivity index (χ4n) is 2.37. The zero-order valence-electron chi connectivity index (χ0n) is 12.6. The average molecular weight is 287 g/mol. The minimum Gasteiger partial charge on any atom is -0.464 e. The topological polar surface area (TPSA) is 71.5 Å². The first-order valence-electron chi connectivity index (χ1n) is 6.84. The van der Waals surface area contributed by atoms with Crippen LogP contribution >= 0.6 is 0 Å². The van der Waals surface area contributed by atoms with Crippen molar-refractivity contribution >= 4 is 5.91 Å². The first-order chi connectivity index (χ1) is 9.99. The number of nitrogen functional groups attached to an aromatic ring is 1. The predicted molar refractivity (Wildman–Crippen MR) is 81.4 cm³/mol. The molecule has 1 amide bonds. The van der Waals surface area contributed by atoms with Crippen molar-refractivity contribution in [2.24, 2.45) is 5.84 Å². The number of amides is 1. The number of hydrogen-bond acceptors (Lipinski definition) is 4. The van der Waals surface area contributed by atoms with E-state index < -0.39 is 0 Å². The van der Waals surface area contributed by atoms with E-state index in [0.29, 0.717) is 17.9 Å². The molecule has 0 aliphatic heterocycles. The number of furan rings is 1. The summed E-state index contributed by atoms with van der Waals surface area (Å²) in [4.78, 5) is 13.7. The molecule has 0 saturated carbocycles. The van der Waals surface area contributed by atoms with E-state index in [1.165, 1.54) is 11.1 Å². The van der Waals surface area contributed by atoms with Crippen LogP contribution in [0.3, 0.4) is 0 Å². The number of nitrogens with zero attached hydrogens (tertiary/aromatic N) is 1. The lowest BCUT2D eigenvalue weighted by molar-refractivity contribution is 0.0952. The number of nitrogens with two attached hydrogens (primary N) is 1. The molecule has 0 aliphatic carbocycles. The number of rotatable bonds is 5. The molecule has 0 unspecified atom stereocenters. The van der Waals surface area contributed by atoms with E-state index in [1.807, 2.05) is 7.05 Å². The van der Waals surface area contributed by atoms with E-state index >= 15 is 0 Å². The van der Waals surface area contributed by atoms with Gasteiger partial charge in [-0.25, -0.2) is 5.84 Å². The Balaban J connectivity index is 2.03. The Bertz CT molecular complexity index is 634. The Kier molecular flexibility index (Phi) is 4.77. The van der Waals surface area contributed by atoms with E-state index in [-0.39, 0.29) is 5.91 Å². The van der Waals surface area contributed by atoms with Gasteiger partial charge in [-0.2, -0.15) is 0 Å². The number of carbonyl (C=O) groups excluding carboxylic acids is 1. The quantitative estimate of drug-likeness (QED) is 0.502. The lowest BCUT2D eigenvalue weighted by Crippen LogP contribution is -2.30. The third-order valence-electron chi connectivity index (χ3n) is 3.31. The van der Waals surface area contributed by atoms with Crippen LogP contribution in [-0.2, 0) is 13.1 Å². The van der Waals surface area contributed by atoms with Crippen LogP contribution in [0, 0.1) is 13.8 Å². The highest BCUT2D eigenvalue weighted by molar-refractivity contribution is 5.94. The third-order valence-corrected chi connectivity index (χ3v) is 3.31. The molecule has 21 heavy (non-hydrogen) atoms. The second-order valence-corrected chi connectivity index (χ2v) is 5.32. The van der Waals surface area contributed by atoms with E-state index in [1.54, 1.807) is 13.0 Å². The molecule has 2 aromatic rings. The molecule has 0 fully saturated rings. The molecule has 0 aliphatic rings. The van der Waals surface area contributed by atoms with Crippen molar-refractivity contribution in [2.45, 2.75) is 26.9 Å². The highest BCUT2D eigenvalue weighted by Crippen LogP contribution is 2.17. The molecule has 3 N–H and O–H groups in total. The van der Waals surface area contributed by atoms with Gasteiger partial charge in [0.1, 0.15) is 11.5 Å². The van der Waals surface area contributed by atoms with E-state index in [2.05, 4.69) is 41.5 Å². The number of nitrogens with one attached hydrogen (secondary N) is 1. The van der Waals surface area contributed by atoms with Crippen LogP contribution in [0.4, 0.5) is 0 Å². The number of benzene rings is 1. The summed E-state index contributed by atoms with van der Waals surface area (Å²) in [5.41, 5.74) is 5.10. The molecule has 0 bridgehead atoms. The Labute approximate surface area is 124 Å². The minimum atomic E-state index is -0.330. The van der Waals surface area contributed by atoms with Crippen LogP contribution in [0.25, 0.3) is 0 Å².